The van der Waals surface area contributed by atoms with Crippen molar-refractivity contribution in [1.82, 2.24) is 0 Å². The molecule has 0 bridgehead atoms. The van der Waals surface area contributed by atoms with Crippen LogP contribution >= 0.6 is 0 Å². The van der Waals surface area contributed by atoms with E-state index in [2.05, 4.69) is 4.90 Å². The maximum atomic E-state index is 13.6. The highest BCUT2D eigenvalue weighted by molar-refractivity contribution is 5.48. The van der Waals surface area contributed by atoms with Crippen molar-refractivity contribution in [3.63, 3.8) is 0 Å². The van der Waals surface area contributed by atoms with Gasteiger partial charge in [0, 0.05) is 13.1 Å². The molecule has 1 aromatic rings. The molecule has 1 aliphatic heterocycles. The van der Waals surface area contributed by atoms with Crippen LogP contribution in [0.1, 0.15) is 12.8 Å². The molecule has 0 aliphatic carbocycles. The first-order valence-electron chi connectivity index (χ1n) is 6.10. The van der Waals surface area contributed by atoms with E-state index in [0.717, 1.165) is 25.9 Å². The number of benzene rings is 1. The zero-order valence-electron chi connectivity index (χ0n) is 10.0. The van der Waals surface area contributed by atoms with Crippen LogP contribution in [0.25, 0.3) is 0 Å². The van der Waals surface area contributed by atoms with Gasteiger partial charge in [-0.15, -0.1) is 0 Å². The number of hydrogen-bond acceptors (Lipinski definition) is 3. The van der Waals surface area contributed by atoms with Crippen LogP contribution in [0.2, 0.25) is 0 Å². The van der Waals surface area contributed by atoms with Crippen molar-refractivity contribution >= 4 is 5.69 Å². The van der Waals surface area contributed by atoms with Crippen molar-refractivity contribution < 1.29 is 4.39 Å². The fourth-order valence-electron chi connectivity index (χ4n) is 2.42. The molecule has 1 aliphatic rings. The smallest absolute Gasteiger partial charge is 0.146 e. The normalized spacial score (nSPS) is 19.4. The first kappa shape index (κ1) is 12.3. The molecule has 1 saturated heterocycles. The molecule has 17 heavy (non-hydrogen) atoms. The predicted molar refractivity (Wildman–Crippen MR) is 68.4 cm³/mol. The first-order chi connectivity index (χ1) is 8.21. The van der Waals surface area contributed by atoms with E-state index >= 15 is 0 Å². The fourth-order valence-corrected chi connectivity index (χ4v) is 2.42. The Bertz CT molecular complexity index is 367. The van der Waals surface area contributed by atoms with Crippen LogP contribution in [-0.2, 0) is 0 Å². The highest BCUT2D eigenvalue weighted by Gasteiger charge is 2.32. The number of nitrogens with zero attached hydrogens (tertiary/aromatic N) is 1. The summed E-state index contributed by atoms with van der Waals surface area (Å²) in [7, 11) is 0. The number of halogens is 1. The van der Waals surface area contributed by atoms with Crippen LogP contribution in [0.15, 0.2) is 24.3 Å². The van der Waals surface area contributed by atoms with Gasteiger partial charge in [0.2, 0.25) is 0 Å². The lowest BCUT2D eigenvalue weighted by atomic mass is 9.78. The molecule has 0 amide bonds. The summed E-state index contributed by atoms with van der Waals surface area (Å²) < 4.78 is 13.6. The van der Waals surface area contributed by atoms with E-state index in [0.29, 0.717) is 18.8 Å². The molecule has 3 nitrogen and oxygen atoms in total. The van der Waals surface area contributed by atoms with Gasteiger partial charge in [0.15, 0.2) is 0 Å². The molecular formula is C13H20FN3. The molecule has 2 rings (SSSR count). The van der Waals surface area contributed by atoms with Gasteiger partial charge in [0.25, 0.3) is 0 Å². The molecule has 0 saturated carbocycles. The van der Waals surface area contributed by atoms with Gasteiger partial charge in [0.1, 0.15) is 5.82 Å². The van der Waals surface area contributed by atoms with Gasteiger partial charge >= 0.3 is 0 Å². The van der Waals surface area contributed by atoms with E-state index in [1.807, 2.05) is 12.1 Å². The zero-order valence-corrected chi connectivity index (χ0v) is 10.0. The quantitative estimate of drug-likeness (QED) is 0.834. The van der Waals surface area contributed by atoms with Crippen molar-refractivity contribution in [2.45, 2.75) is 12.8 Å². The molecule has 0 aromatic heterocycles. The Labute approximate surface area is 102 Å². The van der Waals surface area contributed by atoms with Crippen molar-refractivity contribution in [1.29, 1.82) is 0 Å². The Kier molecular flexibility index (Phi) is 3.64. The lowest BCUT2D eigenvalue weighted by Crippen LogP contribution is -2.48. The van der Waals surface area contributed by atoms with Crippen LogP contribution < -0.4 is 16.4 Å². The Morgan fingerprint density at radius 2 is 1.71 bits per heavy atom. The summed E-state index contributed by atoms with van der Waals surface area (Å²) in [5, 5.41) is 0. The summed E-state index contributed by atoms with van der Waals surface area (Å²) in [5.41, 5.74) is 12.3. The van der Waals surface area contributed by atoms with E-state index in [-0.39, 0.29) is 11.2 Å². The van der Waals surface area contributed by atoms with Gasteiger partial charge in [-0.1, -0.05) is 12.1 Å². The number of anilines is 1. The second-order valence-corrected chi connectivity index (χ2v) is 4.85. The second kappa shape index (κ2) is 5.02. The number of nitrogens with two attached hydrogens (primary N) is 2. The van der Waals surface area contributed by atoms with Crippen molar-refractivity contribution in [2.75, 3.05) is 31.1 Å². The second-order valence-electron chi connectivity index (χ2n) is 4.85. The Morgan fingerprint density at radius 1 is 1.12 bits per heavy atom. The number of hydrogen-bond donors (Lipinski definition) is 2. The molecule has 0 atom stereocenters. The molecule has 94 valence electrons. The molecular weight excluding hydrogens is 217 g/mol. The van der Waals surface area contributed by atoms with E-state index < -0.39 is 0 Å². The van der Waals surface area contributed by atoms with Crippen molar-refractivity contribution in [2.24, 2.45) is 16.9 Å². The van der Waals surface area contributed by atoms with Gasteiger partial charge in [-0.05, 0) is 43.5 Å². The average molecular weight is 237 g/mol. The largest absolute Gasteiger partial charge is 0.369 e. The molecule has 0 spiro atoms. The standard InChI is InChI=1S/C13H20FN3/c14-11-3-1-2-4-12(11)17-7-5-13(9-15,10-16)6-8-17/h1-4H,5-10,15-16H2. The molecule has 4 heteroatoms. The lowest BCUT2D eigenvalue weighted by molar-refractivity contribution is 0.238. The van der Waals surface area contributed by atoms with Crippen LogP contribution in [0.4, 0.5) is 10.1 Å². The third-order valence-corrected chi connectivity index (χ3v) is 3.88. The average Bonchev–Trinajstić information content (AvgIpc) is 2.40. The van der Waals surface area contributed by atoms with E-state index in [1.54, 1.807) is 6.07 Å². The molecule has 4 N–H and O–H groups in total. The topological polar surface area (TPSA) is 55.3 Å². The number of para-hydroxylation sites is 1. The molecule has 1 heterocycles. The summed E-state index contributed by atoms with van der Waals surface area (Å²) in [6.45, 7) is 2.90. The van der Waals surface area contributed by atoms with Gasteiger partial charge in [-0.2, -0.15) is 0 Å². The van der Waals surface area contributed by atoms with Crippen LogP contribution in [0, 0.1) is 11.2 Å². The predicted octanol–water partition coefficient (Wildman–Crippen LogP) is 1.33. The Hall–Kier alpha value is -1.13. The van der Waals surface area contributed by atoms with Crippen molar-refractivity contribution in [3.8, 4) is 0 Å². The Balaban J connectivity index is 2.07. The minimum Gasteiger partial charge on any atom is -0.369 e. The molecule has 0 radical (unpaired) electrons. The minimum atomic E-state index is -0.152. The van der Waals surface area contributed by atoms with Gasteiger partial charge in [-0.25, -0.2) is 4.39 Å². The molecule has 1 aromatic carbocycles. The highest BCUT2D eigenvalue weighted by Crippen LogP contribution is 2.32. The van der Waals surface area contributed by atoms with Gasteiger partial charge in [0.05, 0.1) is 5.69 Å². The summed E-state index contributed by atoms with van der Waals surface area (Å²) in [6, 6.07) is 6.91. The third-order valence-electron chi connectivity index (χ3n) is 3.88. The summed E-state index contributed by atoms with van der Waals surface area (Å²) in [4.78, 5) is 2.08. The zero-order chi connectivity index (χ0) is 12.3. The molecule has 1 fully saturated rings. The summed E-state index contributed by atoms with van der Waals surface area (Å²) in [6.07, 6.45) is 1.88. The maximum Gasteiger partial charge on any atom is 0.146 e. The molecule has 0 unspecified atom stereocenters. The van der Waals surface area contributed by atoms with Crippen LogP contribution in [0.3, 0.4) is 0 Å². The number of rotatable bonds is 3. The minimum absolute atomic E-state index is 0.0573. The Morgan fingerprint density at radius 3 is 2.24 bits per heavy atom. The van der Waals surface area contributed by atoms with E-state index in [1.165, 1.54) is 6.07 Å². The van der Waals surface area contributed by atoms with E-state index in [9.17, 15) is 4.39 Å². The van der Waals surface area contributed by atoms with Crippen molar-refractivity contribution in [3.05, 3.63) is 30.1 Å². The monoisotopic (exact) mass is 237 g/mol. The van der Waals surface area contributed by atoms with Crippen LogP contribution in [0.5, 0.6) is 0 Å². The maximum absolute atomic E-state index is 13.6. The number of piperidine rings is 1. The van der Waals surface area contributed by atoms with Gasteiger partial charge in [-0.3, -0.25) is 0 Å². The first-order valence-corrected chi connectivity index (χ1v) is 6.10. The SMILES string of the molecule is NCC1(CN)CCN(c2ccccc2F)CC1. The third kappa shape index (κ3) is 2.42. The summed E-state index contributed by atoms with van der Waals surface area (Å²) in [5.74, 6) is -0.152. The summed E-state index contributed by atoms with van der Waals surface area (Å²) >= 11 is 0. The van der Waals surface area contributed by atoms with Crippen LogP contribution in [-0.4, -0.2) is 26.2 Å². The fraction of sp³-hybridized carbons (Fsp3) is 0.538. The highest BCUT2D eigenvalue weighted by atomic mass is 19.1. The van der Waals surface area contributed by atoms with E-state index in [4.69, 9.17) is 11.5 Å². The van der Waals surface area contributed by atoms with Gasteiger partial charge < -0.3 is 16.4 Å². The lowest BCUT2D eigenvalue weighted by Gasteiger charge is -2.41.